The van der Waals surface area contributed by atoms with Crippen molar-refractivity contribution in [1.82, 2.24) is 9.97 Å². The van der Waals surface area contributed by atoms with Crippen molar-refractivity contribution in [2.45, 2.75) is 45.1 Å². The third-order valence-electron chi connectivity index (χ3n) is 5.04. The fourth-order valence-corrected chi connectivity index (χ4v) is 3.49. The molecule has 1 N–H and O–H groups in total. The summed E-state index contributed by atoms with van der Waals surface area (Å²) in [5.41, 5.74) is 2.51. The number of aryl methyl sites for hydroxylation is 1. The van der Waals surface area contributed by atoms with E-state index in [4.69, 9.17) is 4.98 Å². The van der Waals surface area contributed by atoms with Crippen molar-refractivity contribution in [2.75, 3.05) is 23.3 Å². The van der Waals surface area contributed by atoms with Gasteiger partial charge < -0.3 is 10.2 Å². The highest BCUT2D eigenvalue weighted by Gasteiger charge is 2.24. The molecule has 0 spiro atoms. The molecule has 2 aliphatic rings. The largest absolute Gasteiger partial charge is 0.367 e. The van der Waals surface area contributed by atoms with Crippen molar-refractivity contribution in [1.29, 1.82) is 0 Å². The molecule has 1 aromatic heterocycles. The van der Waals surface area contributed by atoms with Gasteiger partial charge >= 0.3 is 0 Å². The highest BCUT2D eigenvalue weighted by Crippen LogP contribution is 2.27. The Morgan fingerprint density at radius 3 is 2.50 bits per heavy atom. The van der Waals surface area contributed by atoms with Crippen LogP contribution in [0.15, 0.2) is 36.4 Å². The Morgan fingerprint density at radius 2 is 1.79 bits per heavy atom. The zero-order valence-electron chi connectivity index (χ0n) is 14.4. The van der Waals surface area contributed by atoms with Crippen LogP contribution in [0.3, 0.4) is 0 Å². The number of aromatic nitrogens is 2. The first kappa shape index (κ1) is 15.4. The van der Waals surface area contributed by atoms with Crippen LogP contribution in [-0.2, 0) is 6.42 Å². The summed E-state index contributed by atoms with van der Waals surface area (Å²) in [7, 11) is 0. The predicted octanol–water partition coefficient (Wildman–Crippen LogP) is 3.82. The van der Waals surface area contributed by atoms with E-state index in [0.717, 1.165) is 36.5 Å². The van der Waals surface area contributed by atoms with Crippen molar-refractivity contribution in [3.8, 4) is 0 Å². The van der Waals surface area contributed by atoms with E-state index in [1.165, 1.54) is 37.7 Å². The highest BCUT2D eigenvalue weighted by atomic mass is 15.3. The van der Waals surface area contributed by atoms with Gasteiger partial charge in [0.05, 0.1) is 0 Å². The molecule has 1 aliphatic carbocycles. The fourth-order valence-electron chi connectivity index (χ4n) is 3.49. The molecule has 1 aliphatic heterocycles. The molecule has 0 unspecified atom stereocenters. The summed E-state index contributed by atoms with van der Waals surface area (Å²) in [5, 5.41) is 3.50. The molecular weight excluding hydrogens is 296 g/mol. The standard InChI is InChI=1S/C20H26N4/c1-15-13-19(22-18-7-8-18)23-20(21-15)24-11-9-17(10-12-24)14-16-5-3-2-4-6-16/h2-6,13,17-18H,7-12,14H2,1H3,(H,21,22,23). The zero-order valence-corrected chi connectivity index (χ0v) is 14.4. The third kappa shape index (κ3) is 3.86. The quantitative estimate of drug-likeness (QED) is 0.908. The number of benzene rings is 1. The molecule has 1 saturated heterocycles. The second-order valence-corrected chi connectivity index (χ2v) is 7.23. The number of nitrogens with one attached hydrogen (secondary N) is 1. The minimum Gasteiger partial charge on any atom is -0.367 e. The predicted molar refractivity (Wildman–Crippen MR) is 98.5 cm³/mol. The molecule has 4 heteroatoms. The number of hydrogen-bond donors (Lipinski definition) is 1. The summed E-state index contributed by atoms with van der Waals surface area (Å²) in [6.07, 6.45) is 6.17. The summed E-state index contributed by atoms with van der Waals surface area (Å²) in [4.78, 5) is 11.8. The Bertz CT molecular complexity index is 673. The van der Waals surface area contributed by atoms with E-state index < -0.39 is 0 Å². The van der Waals surface area contributed by atoms with E-state index in [2.05, 4.69) is 58.5 Å². The minimum atomic E-state index is 0.628. The molecule has 0 amide bonds. The number of nitrogens with zero attached hydrogens (tertiary/aromatic N) is 3. The maximum Gasteiger partial charge on any atom is 0.227 e. The molecule has 0 bridgehead atoms. The maximum absolute atomic E-state index is 4.75. The van der Waals surface area contributed by atoms with Crippen LogP contribution in [0.25, 0.3) is 0 Å². The topological polar surface area (TPSA) is 41.1 Å². The molecule has 0 atom stereocenters. The fraction of sp³-hybridized carbons (Fsp3) is 0.500. The second-order valence-electron chi connectivity index (χ2n) is 7.23. The first-order valence-corrected chi connectivity index (χ1v) is 9.17. The molecule has 4 rings (SSSR count). The zero-order chi connectivity index (χ0) is 16.4. The molecular formula is C20H26N4. The van der Waals surface area contributed by atoms with Crippen LogP contribution >= 0.6 is 0 Å². The van der Waals surface area contributed by atoms with Crippen molar-refractivity contribution >= 4 is 11.8 Å². The molecule has 2 aromatic rings. The van der Waals surface area contributed by atoms with Gasteiger partial charge in [-0.1, -0.05) is 30.3 Å². The smallest absolute Gasteiger partial charge is 0.227 e. The lowest BCUT2D eigenvalue weighted by atomic mass is 9.90. The number of hydrogen-bond acceptors (Lipinski definition) is 4. The van der Waals surface area contributed by atoms with E-state index in [9.17, 15) is 0 Å². The third-order valence-corrected chi connectivity index (χ3v) is 5.04. The molecule has 0 radical (unpaired) electrons. The molecule has 24 heavy (non-hydrogen) atoms. The lowest BCUT2D eigenvalue weighted by Crippen LogP contribution is -2.35. The molecule has 1 aromatic carbocycles. The van der Waals surface area contributed by atoms with Crippen LogP contribution in [0.2, 0.25) is 0 Å². The van der Waals surface area contributed by atoms with Gasteiger partial charge in [0.2, 0.25) is 5.95 Å². The van der Waals surface area contributed by atoms with Crippen molar-refractivity contribution in [2.24, 2.45) is 5.92 Å². The van der Waals surface area contributed by atoms with Gasteiger partial charge in [0, 0.05) is 30.9 Å². The van der Waals surface area contributed by atoms with Gasteiger partial charge in [0.25, 0.3) is 0 Å². The number of anilines is 2. The van der Waals surface area contributed by atoms with Crippen LogP contribution in [-0.4, -0.2) is 29.1 Å². The van der Waals surface area contributed by atoms with Gasteiger partial charge in [-0.05, 0) is 50.5 Å². The van der Waals surface area contributed by atoms with Crippen molar-refractivity contribution in [3.05, 3.63) is 47.7 Å². The molecule has 2 fully saturated rings. The maximum atomic E-state index is 4.75. The van der Waals surface area contributed by atoms with E-state index in [1.54, 1.807) is 0 Å². The molecule has 4 nitrogen and oxygen atoms in total. The monoisotopic (exact) mass is 322 g/mol. The number of rotatable bonds is 5. The summed E-state index contributed by atoms with van der Waals surface area (Å²) in [6, 6.07) is 13.5. The van der Waals surface area contributed by atoms with Gasteiger partial charge in [0.1, 0.15) is 5.82 Å². The van der Waals surface area contributed by atoms with Gasteiger partial charge in [-0.2, -0.15) is 4.98 Å². The molecule has 2 heterocycles. The normalized spacial score (nSPS) is 18.6. The van der Waals surface area contributed by atoms with Crippen LogP contribution in [0.4, 0.5) is 11.8 Å². The van der Waals surface area contributed by atoms with Crippen molar-refractivity contribution in [3.63, 3.8) is 0 Å². The molecule has 126 valence electrons. The Morgan fingerprint density at radius 1 is 1.04 bits per heavy atom. The summed E-state index contributed by atoms with van der Waals surface area (Å²) >= 11 is 0. The molecule has 1 saturated carbocycles. The number of piperidine rings is 1. The average molecular weight is 322 g/mol. The Labute approximate surface area is 144 Å². The van der Waals surface area contributed by atoms with Crippen molar-refractivity contribution < 1.29 is 0 Å². The lowest BCUT2D eigenvalue weighted by molar-refractivity contribution is 0.400. The summed E-state index contributed by atoms with van der Waals surface area (Å²) in [6.45, 7) is 4.18. The van der Waals surface area contributed by atoms with Crippen LogP contribution in [0.5, 0.6) is 0 Å². The SMILES string of the molecule is Cc1cc(NC2CC2)nc(N2CCC(Cc3ccccc3)CC2)n1. The first-order chi connectivity index (χ1) is 11.8. The van der Waals surface area contributed by atoms with E-state index in [1.807, 2.05) is 0 Å². The van der Waals surface area contributed by atoms with E-state index >= 15 is 0 Å². The summed E-state index contributed by atoms with van der Waals surface area (Å²) < 4.78 is 0. The minimum absolute atomic E-state index is 0.628. The lowest BCUT2D eigenvalue weighted by Gasteiger charge is -2.32. The van der Waals surface area contributed by atoms with Gasteiger partial charge in [-0.25, -0.2) is 4.98 Å². The Kier molecular flexibility index (Phi) is 4.37. The summed E-state index contributed by atoms with van der Waals surface area (Å²) in [5.74, 6) is 2.67. The van der Waals surface area contributed by atoms with Crippen LogP contribution in [0, 0.1) is 12.8 Å². The van der Waals surface area contributed by atoms with Gasteiger partial charge in [0.15, 0.2) is 0 Å². The first-order valence-electron chi connectivity index (χ1n) is 9.17. The Balaban J connectivity index is 1.37. The Hall–Kier alpha value is -2.10. The van der Waals surface area contributed by atoms with Gasteiger partial charge in [-0.3, -0.25) is 0 Å². The second kappa shape index (κ2) is 6.80. The van der Waals surface area contributed by atoms with Crippen LogP contribution in [0.1, 0.15) is 36.9 Å². The van der Waals surface area contributed by atoms with E-state index in [-0.39, 0.29) is 0 Å². The van der Waals surface area contributed by atoms with Gasteiger partial charge in [-0.15, -0.1) is 0 Å². The van der Waals surface area contributed by atoms with Crippen LogP contribution < -0.4 is 10.2 Å². The highest BCUT2D eigenvalue weighted by molar-refractivity contribution is 5.45. The van der Waals surface area contributed by atoms with E-state index in [0.29, 0.717) is 6.04 Å². The average Bonchev–Trinajstić information content (AvgIpc) is 3.40.